The van der Waals surface area contributed by atoms with Gasteiger partial charge in [0.05, 0.1) is 4.90 Å². The molecule has 7 heteroatoms. The molecule has 1 aliphatic heterocycles. The fraction of sp³-hybridized carbons (Fsp3) is 0.600. The van der Waals surface area contributed by atoms with Crippen molar-refractivity contribution in [1.82, 2.24) is 9.62 Å². The lowest BCUT2D eigenvalue weighted by molar-refractivity contribution is 0.262. The lowest BCUT2D eigenvalue weighted by Gasteiger charge is -2.33. The molecule has 1 heterocycles. The van der Waals surface area contributed by atoms with Crippen molar-refractivity contribution in [3.8, 4) is 0 Å². The SMILES string of the molecule is CCCN(C1CCNCC1)S(=O)(=O)c1ccc(C)c(Br)c1.Cl. The summed E-state index contributed by atoms with van der Waals surface area (Å²) in [7, 11) is -3.43. The highest BCUT2D eigenvalue weighted by Crippen LogP contribution is 2.26. The van der Waals surface area contributed by atoms with E-state index in [0.717, 1.165) is 42.4 Å². The van der Waals surface area contributed by atoms with E-state index in [-0.39, 0.29) is 18.4 Å². The fourth-order valence-electron chi connectivity index (χ4n) is 2.68. The third-order valence-corrected chi connectivity index (χ3v) is 6.71. The van der Waals surface area contributed by atoms with Gasteiger partial charge in [0.25, 0.3) is 0 Å². The highest BCUT2D eigenvalue weighted by molar-refractivity contribution is 9.10. The number of rotatable bonds is 5. The standard InChI is InChI=1S/C15H23BrN2O2S.ClH/c1-3-10-18(13-6-8-17-9-7-13)21(19,20)14-5-4-12(2)15(16)11-14;/h4-5,11,13,17H,3,6-10H2,1-2H3;1H. The molecule has 1 aliphatic rings. The van der Waals surface area contributed by atoms with Crippen LogP contribution in [0.15, 0.2) is 27.6 Å². The summed E-state index contributed by atoms with van der Waals surface area (Å²) < 4.78 is 28.5. The number of aryl methyl sites for hydroxylation is 1. The molecule has 1 N–H and O–H groups in total. The summed E-state index contributed by atoms with van der Waals surface area (Å²) in [4.78, 5) is 0.381. The Balaban J connectivity index is 0.00000242. The van der Waals surface area contributed by atoms with Crippen LogP contribution in [0, 0.1) is 6.92 Å². The number of nitrogens with one attached hydrogen (secondary N) is 1. The summed E-state index contributed by atoms with van der Waals surface area (Å²) in [6.07, 6.45) is 2.59. The molecule has 0 aromatic heterocycles. The van der Waals surface area contributed by atoms with Crippen molar-refractivity contribution in [2.75, 3.05) is 19.6 Å². The summed E-state index contributed by atoms with van der Waals surface area (Å²) in [6.45, 7) is 6.33. The van der Waals surface area contributed by atoms with Crippen LogP contribution in [0.5, 0.6) is 0 Å². The topological polar surface area (TPSA) is 49.4 Å². The van der Waals surface area contributed by atoms with E-state index in [2.05, 4.69) is 21.2 Å². The van der Waals surface area contributed by atoms with Gasteiger partial charge in [-0.15, -0.1) is 12.4 Å². The van der Waals surface area contributed by atoms with E-state index in [0.29, 0.717) is 11.4 Å². The van der Waals surface area contributed by atoms with Crippen molar-refractivity contribution >= 4 is 38.4 Å². The van der Waals surface area contributed by atoms with Gasteiger partial charge in [0.15, 0.2) is 0 Å². The summed E-state index contributed by atoms with van der Waals surface area (Å²) in [5, 5.41) is 3.29. The van der Waals surface area contributed by atoms with Crippen LogP contribution < -0.4 is 5.32 Å². The van der Waals surface area contributed by atoms with Gasteiger partial charge in [0, 0.05) is 17.1 Å². The van der Waals surface area contributed by atoms with Crippen LogP contribution in [-0.2, 0) is 10.0 Å². The average Bonchev–Trinajstić information content (AvgIpc) is 2.48. The van der Waals surface area contributed by atoms with Crippen LogP contribution in [-0.4, -0.2) is 38.4 Å². The fourth-order valence-corrected chi connectivity index (χ4v) is 5.02. The Labute approximate surface area is 148 Å². The largest absolute Gasteiger partial charge is 0.317 e. The third kappa shape index (κ3) is 4.45. The second kappa shape index (κ2) is 8.64. The number of piperidine rings is 1. The Hall–Kier alpha value is -0.140. The van der Waals surface area contributed by atoms with Crippen LogP contribution in [0.4, 0.5) is 0 Å². The lowest BCUT2D eigenvalue weighted by Crippen LogP contribution is -2.46. The molecule has 1 aromatic carbocycles. The molecule has 0 atom stereocenters. The monoisotopic (exact) mass is 410 g/mol. The summed E-state index contributed by atoms with van der Waals surface area (Å²) in [6, 6.07) is 5.38. The molecule has 4 nitrogen and oxygen atoms in total. The van der Waals surface area contributed by atoms with Crippen molar-refractivity contribution in [3.63, 3.8) is 0 Å². The molecule has 0 bridgehead atoms. The molecule has 126 valence electrons. The minimum absolute atomic E-state index is 0. The minimum Gasteiger partial charge on any atom is -0.317 e. The number of hydrogen-bond acceptors (Lipinski definition) is 3. The third-order valence-electron chi connectivity index (χ3n) is 3.91. The average molecular weight is 412 g/mol. The maximum Gasteiger partial charge on any atom is 0.243 e. The van der Waals surface area contributed by atoms with Gasteiger partial charge >= 0.3 is 0 Å². The van der Waals surface area contributed by atoms with Gasteiger partial charge in [-0.25, -0.2) is 8.42 Å². The van der Waals surface area contributed by atoms with E-state index in [1.165, 1.54) is 0 Å². The van der Waals surface area contributed by atoms with Crippen molar-refractivity contribution < 1.29 is 8.42 Å². The molecule has 0 radical (unpaired) electrons. The summed E-state index contributed by atoms with van der Waals surface area (Å²) in [5.41, 5.74) is 1.04. The Morgan fingerprint density at radius 3 is 2.50 bits per heavy atom. The predicted molar refractivity (Wildman–Crippen MR) is 96.2 cm³/mol. The van der Waals surface area contributed by atoms with Crippen molar-refractivity contribution in [1.29, 1.82) is 0 Å². The first-order chi connectivity index (χ1) is 9.96. The Morgan fingerprint density at radius 2 is 1.95 bits per heavy atom. The molecule has 2 rings (SSSR count). The molecular formula is C15H24BrClN2O2S. The normalized spacial score (nSPS) is 16.5. The Kier molecular flexibility index (Phi) is 7.82. The van der Waals surface area contributed by atoms with E-state index in [1.807, 2.05) is 19.9 Å². The molecule has 1 saturated heterocycles. The van der Waals surface area contributed by atoms with Crippen molar-refractivity contribution in [2.45, 2.75) is 44.0 Å². The zero-order valence-corrected chi connectivity index (χ0v) is 16.2. The highest BCUT2D eigenvalue weighted by atomic mass is 79.9. The van der Waals surface area contributed by atoms with Gasteiger partial charge in [0.2, 0.25) is 10.0 Å². The minimum atomic E-state index is -3.43. The van der Waals surface area contributed by atoms with E-state index in [4.69, 9.17) is 0 Å². The first-order valence-electron chi connectivity index (χ1n) is 7.45. The van der Waals surface area contributed by atoms with E-state index in [9.17, 15) is 8.42 Å². The Bertz CT molecular complexity index is 589. The van der Waals surface area contributed by atoms with Crippen molar-refractivity contribution in [2.24, 2.45) is 0 Å². The molecule has 1 fully saturated rings. The van der Waals surface area contributed by atoms with Crippen LogP contribution >= 0.6 is 28.3 Å². The molecule has 0 unspecified atom stereocenters. The van der Waals surface area contributed by atoms with E-state index < -0.39 is 10.0 Å². The number of benzene rings is 1. The smallest absolute Gasteiger partial charge is 0.243 e. The second-order valence-electron chi connectivity index (χ2n) is 5.51. The van der Waals surface area contributed by atoms with Crippen molar-refractivity contribution in [3.05, 3.63) is 28.2 Å². The maximum absolute atomic E-state index is 13.0. The van der Waals surface area contributed by atoms with E-state index >= 15 is 0 Å². The van der Waals surface area contributed by atoms with Gasteiger partial charge in [0.1, 0.15) is 0 Å². The zero-order valence-electron chi connectivity index (χ0n) is 13.0. The molecular weight excluding hydrogens is 388 g/mol. The van der Waals surface area contributed by atoms with Gasteiger partial charge in [-0.2, -0.15) is 4.31 Å². The first-order valence-corrected chi connectivity index (χ1v) is 9.69. The molecule has 22 heavy (non-hydrogen) atoms. The zero-order chi connectivity index (χ0) is 15.5. The maximum atomic E-state index is 13.0. The quantitative estimate of drug-likeness (QED) is 0.808. The van der Waals surface area contributed by atoms with Gasteiger partial charge in [-0.3, -0.25) is 0 Å². The second-order valence-corrected chi connectivity index (χ2v) is 8.25. The van der Waals surface area contributed by atoms with Gasteiger partial charge in [-0.05, 0) is 57.0 Å². The molecule has 1 aromatic rings. The Morgan fingerprint density at radius 1 is 1.32 bits per heavy atom. The molecule has 0 saturated carbocycles. The first kappa shape index (κ1) is 19.9. The molecule has 0 amide bonds. The van der Waals surface area contributed by atoms with Gasteiger partial charge in [-0.1, -0.05) is 28.9 Å². The van der Waals surface area contributed by atoms with Crippen LogP contribution in [0.2, 0.25) is 0 Å². The molecule has 0 aliphatic carbocycles. The highest BCUT2D eigenvalue weighted by Gasteiger charge is 2.31. The number of sulfonamides is 1. The van der Waals surface area contributed by atoms with Crippen LogP contribution in [0.3, 0.4) is 0 Å². The predicted octanol–water partition coefficient (Wildman–Crippen LogP) is 3.33. The number of halogens is 2. The van der Waals surface area contributed by atoms with Crippen LogP contribution in [0.1, 0.15) is 31.7 Å². The number of nitrogens with zero attached hydrogens (tertiary/aromatic N) is 1. The summed E-state index contributed by atoms with van der Waals surface area (Å²) >= 11 is 3.43. The molecule has 0 spiro atoms. The number of hydrogen-bond donors (Lipinski definition) is 1. The summed E-state index contributed by atoms with van der Waals surface area (Å²) in [5.74, 6) is 0. The van der Waals surface area contributed by atoms with Crippen LogP contribution in [0.25, 0.3) is 0 Å². The van der Waals surface area contributed by atoms with Gasteiger partial charge < -0.3 is 5.32 Å². The van der Waals surface area contributed by atoms with E-state index in [1.54, 1.807) is 16.4 Å². The lowest BCUT2D eigenvalue weighted by atomic mass is 10.1.